The average molecular weight is 288 g/mol. The van der Waals surface area contributed by atoms with Crippen LogP contribution in [0, 0.1) is 0 Å². The van der Waals surface area contributed by atoms with E-state index >= 15 is 0 Å². The van der Waals surface area contributed by atoms with Crippen LogP contribution in [-0.4, -0.2) is 10.2 Å². The van der Waals surface area contributed by atoms with Crippen molar-refractivity contribution in [2.45, 2.75) is 19.8 Å². The number of nitrogens with two attached hydrogens (primary N) is 3. The first-order chi connectivity index (χ1) is 9.82. The Morgan fingerprint density at radius 2 is 1.48 bits per heavy atom. The first-order valence-corrected chi connectivity index (χ1v) is 6.58. The fourth-order valence-corrected chi connectivity index (χ4v) is 2.20. The molecule has 0 bridgehead atoms. The summed E-state index contributed by atoms with van der Waals surface area (Å²) >= 11 is 0. The molecule has 0 heterocycles. The molecule has 112 valence electrons. The van der Waals surface area contributed by atoms with E-state index in [0.29, 0.717) is 16.9 Å². The highest BCUT2D eigenvalue weighted by Gasteiger charge is 2.22. The Kier molecular flexibility index (Phi) is 3.71. The molecule has 0 spiro atoms. The lowest BCUT2D eigenvalue weighted by molar-refractivity contribution is 0.400. The molecule has 0 saturated carbocycles. The number of aromatic hydroxyl groups is 2. The van der Waals surface area contributed by atoms with Gasteiger partial charge in [0.25, 0.3) is 0 Å². The summed E-state index contributed by atoms with van der Waals surface area (Å²) in [5.74, 6) is -0.638. The number of phenols is 2. The number of nitrogen functional groups attached to an aromatic ring is 3. The third kappa shape index (κ3) is 2.60. The number of hydrogen-bond donors (Lipinski definition) is 6. The van der Waals surface area contributed by atoms with Gasteiger partial charge in [0.05, 0.1) is 11.4 Å². The van der Waals surface area contributed by atoms with Crippen LogP contribution in [0.2, 0.25) is 0 Å². The van der Waals surface area contributed by atoms with Gasteiger partial charge in [0.15, 0.2) is 11.5 Å². The summed E-state index contributed by atoms with van der Waals surface area (Å²) in [6.45, 7) is 3.72. The van der Waals surface area contributed by atoms with Gasteiger partial charge >= 0.3 is 0 Å². The second-order valence-electron chi connectivity index (χ2n) is 5.21. The van der Waals surface area contributed by atoms with E-state index in [1.165, 1.54) is 0 Å². The first kappa shape index (κ1) is 14.6. The molecular weight excluding hydrogens is 268 g/mol. The molecule has 2 aromatic rings. The van der Waals surface area contributed by atoms with Crippen LogP contribution in [0.4, 0.5) is 28.4 Å². The van der Waals surface area contributed by atoms with Crippen LogP contribution in [0.1, 0.15) is 25.3 Å². The topological polar surface area (TPSA) is 131 Å². The Bertz CT molecular complexity index is 637. The summed E-state index contributed by atoms with van der Waals surface area (Å²) in [5, 5.41) is 23.3. The molecule has 21 heavy (non-hydrogen) atoms. The molecule has 6 nitrogen and oxygen atoms in total. The molecule has 2 rings (SSSR count). The lowest BCUT2D eigenvalue weighted by Crippen LogP contribution is -2.06. The summed E-state index contributed by atoms with van der Waals surface area (Å²) in [5.41, 5.74) is 19.9. The van der Waals surface area contributed by atoms with Crippen molar-refractivity contribution < 1.29 is 10.2 Å². The molecule has 6 heteroatoms. The van der Waals surface area contributed by atoms with Crippen molar-refractivity contribution in [2.24, 2.45) is 0 Å². The van der Waals surface area contributed by atoms with E-state index in [0.717, 1.165) is 0 Å². The predicted octanol–water partition coefficient (Wildman–Crippen LogP) is 2.71. The summed E-state index contributed by atoms with van der Waals surface area (Å²) < 4.78 is 0. The van der Waals surface area contributed by atoms with Gasteiger partial charge in [-0.25, -0.2) is 0 Å². The van der Waals surface area contributed by atoms with Gasteiger partial charge in [0.1, 0.15) is 5.69 Å². The molecule has 9 N–H and O–H groups in total. The average Bonchev–Trinajstić information content (AvgIpc) is 2.43. The maximum absolute atomic E-state index is 10.2. The molecule has 0 saturated heterocycles. The number of nitrogens with one attached hydrogen (secondary N) is 1. The lowest BCUT2D eigenvalue weighted by atomic mass is 9.97. The smallest absolute Gasteiger partial charge is 0.184 e. The fourth-order valence-electron chi connectivity index (χ4n) is 2.20. The molecule has 0 amide bonds. The maximum atomic E-state index is 10.2. The van der Waals surface area contributed by atoms with E-state index < -0.39 is 0 Å². The Labute approximate surface area is 123 Å². The van der Waals surface area contributed by atoms with Gasteiger partial charge in [-0.15, -0.1) is 0 Å². The number of phenolic OH excluding ortho intramolecular Hbond substituents is 2. The van der Waals surface area contributed by atoms with Crippen LogP contribution in [0.5, 0.6) is 11.5 Å². The second-order valence-corrected chi connectivity index (χ2v) is 5.21. The fraction of sp³-hybridized carbons (Fsp3) is 0.200. The number of rotatable bonds is 3. The SMILES string of the molecule is CC(C)c1c(N)c(N)c(Nc2ccc(N)cc2)c(O)c1O. The van der Waals surface area contributed by atoms with Gasteiger partial charge in [0.2, 0.25) is 0 Å². The van der Waals surface area contributed by atoms with E-state index in [4.69, 9.17) is 17.2 Å². The minimum absolute atomic E-state index is 0.0660. The van der Waals surface area contributed by atoms with E-state index in [9.17, 15) is 10.2 Å². The molecule has 0 aliphatic carbocycles. The second kappa shape index (κ2) is 5.32. The molecule has 0 fully saturated rings. The van der Waals surface area contributed by atoms with E-state index in [-0.39, 0.29) is 34.5 Å². The van der Waals surface area contributed by atoms with Crippen LogP contribution in [0.25, 0.3) is 0 Å². The van der Waals surface area contributed by atoms with Gasteiger partial charge in [0, 0.05) is 16.9 Å². The van der Waals surface area contributed by atoms with Gasteiger partial charge in [-0.3, -0.25) is 0 Å². The van der Waals surface area contributed by atoms with Crippen LogP contribution < -0.4 is 22.5 Å². The third-order valence-corrected chi connectivity index (χ3v) is 3.32. The third-order valence-electron chi connectivity index (χ3n) is 3.32. The first-order valence-electron chi connectivity index (χ1n) is 6.58. The van der Waals surface area contributed by atoms with Crippen LogP contribution in [0.3, 0.4) is 0 Å². The normalized spacial score (nSPS) is 10.8. The Morgan fingerprint density at radius 1 is 0.905 bits per heavy atom. The molecule has 0 aliphatic rings. The zero-order chi connectivity index (χ0) is 15.7. The monoisotopic (exact) mass is 288 g/mol. The molecule has 0 unspecified atom stereocenters. The van der Waals surface area contributed by atoms with Crippen molar-refractivity contribution >= 4 is 28.4 Å². The molecule has 2 aromatic carbocycles. The minimum Gasteiger partial charge on any atom is -0.504 e. The maximum Gasteiger partial charge on any atom is 0.184 e. The van der Waals surface area contributed by atoms with Gasteiger partial charge in [-0.05, 0) is 30.2 Å². The highest BCUT2D eigenvalue weighted by molar-refractivity contribution is 5.91. The van der Waals surface area contributed by atoms with Crippen LogP contribution in [-0.2, 0) is 0 Å². The summed E-state index contributed by atoms with van der Waals surface area (Å²) in [4.78, 5) is 0. The van der Waals surface area contributed by atoms with Crippen molar-refractivity contribution in [3.63, 3.8) is 0 Å². The van der Waals surface area contributed by atoms with Gasteiger partial charge in [-0.1, -0.05) is 13.8 Å². The number of anilines is 5. The standard InChI is InChI=1S/C15H20N4O2/c1-7(2)10-11(17)12(18)13(15(21)14(10)20)19-9-5-3-8(16)4-6-9/h3-7,19-21H,16-18H2,1-2H3. The highest BCUT2D eigenvalue weighted by atomic mass is 16.3. The molecule has 0 aromatic heterocycles. The number of benzene rings is 2. The van der Waals surface area contributed by atoms with E-state index in [1.54, 1.807) is 24.3 Å². The van der Waals surface area contributed by atoms with Crippen molar-refractivity contribution in [3.05, 3.63) is 29.8 Å². The zero-order valence-corrected chi connectivity index (χ0v) is 12.0. The van der Waals surface area contributed by atoms with E-state index in [1.807, 2.05) is 13.8 Å². The van der Waals surface area contributed by atoms with Crippen molar-refractivity contribution in [3.8, 4) is 11.5 Å². The Hall–Kier alpha value is -2.76. The number of hydrogen-bond acceptors (Lipinski definition) is 6. The van der Waals surface area contributed by atoms with E-state index in [2.05, 4.69) is 5.32 Å². The minimum atomic E-state index is -0.317. The largest absolute Gasteiger partial charge is 0.504 e. The zero-order valence-electron chi connectivity index (χ0n) is 12.0. The quantitative estimate of drug-likeness (QED) is 0.292. The van der Waals surface area contributed by atoms with Crippen LogP contribution >= 0.6 is 0 Å². The molecule has 0 atom stereocenters. The Morgan fingerprint density at radius 3 is 2.00 bits per heavy atom. The van der Waals surface area contributed by atoms with Gasteiger partial charge in [-0.2, -0.15) is 0 Å². The van der Waals surface area contributed by atoms with Crippen molar-refractivity contribution in [1.82, 2.24) is 0 Å². The van der Waals surface area contributed by atoms with Gasteiger partial charge < -0.3 is 32.7 Å². The summed E-state index contributed by atoms with van der Waals surface area (Å²) in [7, 11) is 0. The van der Waals surface area contributed by atoms with Crippen molar-refractivity contribution in [1.29, 1.82) is 0 Å². The lowest BCUT2D eigenvalue weighted by Gasteiger charge is -2.20. The summed E-state index contributed by atoms with van der Waals surface area (Å²) in [6.07, 6.45) is 0. The molecule has 0 radical (unpaired) electrons. The Balaban J connectivity index is 2.52. The molecular formula is C15H20N4O2. The van der Waals surface area contributed by atoms with Crippen LogP contribution in [0.15, 0.2) is 24.3 Å². The summed E-state index contributed by atoms with van der Waals surface area (Å²) in [6, 6.07) is 6.89. The molecule has 0 aliphatic heterocycles. The predicted molar refractivity (Wildman–Crippen MR) is 86.8 cm³/mol. The highest BCUT2D eigenvalue weighted by Crippen LogP contribution is 2.49. The van der Waals surface area contributed by atoms with Crippen molar-refractivity contribution in [2.75, 3.05) is 22.5 Å².